The van der Waals surface area contributed by atoms with Gasteiger partial charge in [-0.05, 0) is 69.2 Å². The number of piperidine rings is 2. The Labute approximate surface area is 190 Å². The highest BCUT2D eigenvalue weighted by atomic mass is 16.2. The first kappa shape index (κ1) is 21.5. The summed E-state index contributed by atoms with van der Waals surface area (Å²) in [6, 6.07) is 8.80. The Morgan fingerprint density at radius 3 is 2.44 bits per heavy atom. The minimum Gasteiger partial charge on any atom is -0.369 e. The second-order valence-electron chi connectivity index (χ2n) is 10.3. The van der Waals surface area contributed by atoms with Gasteiger partial charge in [0.2, 0.25) is 11.8 Å². The topological polar surface area (TPSA) is 82.4 Å². The second kappa shape index (κ2) is 8.89. The maximum absolute atomic E-state index is 12.8. The number of aryl methyl sites for hydroxylation is 1. The number of nitrogens with two attached hydrogens (primary N) is 1. The lowest BCUT2D eigenvalue weighted by molar-refractivity contribution is -0.135. The molecule has 0 unspecified atom stereocenters. The van der Waals surface area contributed by atoms with Gasteiger partial charge < -0.3 is 20.5 Å². The highest BCUT2D eigenvalue weighted by molar-refractivity contribution is 5.84. The van der Waals surface area contributed by atoms with Crippen molar-refractivity contribution in [2.24, 2.45) is 17.1 Å². The van der Waals surface area contributed by atoms with E-state index < -0.39 is 0 Å². The Balaban J connectivity index is 1.09. The van der Waals surface area contributed by atoms with Crippen LogP contribution >= 0.6 is 0 Å². The third kappa shape index (κ3) is 4.42. The third-order valence-corrected chi connectivity index (χ3v) is 8.27. The number of rotatable bonds is 7. The normalized spacial score (nSPS) is 22.3. The molecule has 2 amide bonds. The van der Waals surface area contributed by atoms with Crippen LogP contribution in [0.15, 0.2) is 30.5 Å². The van der Waals surface area contributed by atoms with Gasteiger partial charge in [-0.2, -0.15) is 0 Å². The van der Waals surface area contributed by atoms with E-state index in [0.29, 0.717) is 12.5 Å². The van der Waals surface area contributed by atoms with Crippen molar-refractivity contribution in [3.05, 3.63) is 36.0 Å². The van der Waals surface area contributed by atoms with E-state index in [1.165, 1.54) is 23.8 Å². The molecule has 0 spiro atoms. The predicted octanol–water partition coefficient (Wildman–Crippen LogP) is 3.46. The first-order chi connectivity index (χ1) is 15.5. The fraction of sp³-hybridized carbons (Fsp3) is 0.615. The van der Waals surface area contributed by atoms with Crippen molar-refractivity contribution in [1.29, 1.82) is 0 Å². The van der Waals surface area contributed by atoms with Gasteiger partial charge in [0.25, 0.3) is 0 Å². The van der Waals surface area contributed by atoms with Gasteiger partial charge >= 0.3 is 0 Å². The van der Waals surface area contributed by atoms with Gasteiger partial charge in [-0.25, -0.2) is 0 Å². The van der Waals surface area contributed by atoms with Crippen LogP contribution in [0.5, 0.6) is 0 Å². The molecular formula is C26H36N4O2. The summed E-state index contributed by atoms with van der Waals surface area (Å²) in [7, 11) is 0. The smallest absolute Gasteiger partial charge is 0.223 e. The van der Waals surface area contributed by atoms with Crippen molar-refractivity contribution in [3.63, 3.8) is 0 Å². The van der Waals surface area contributed by atoms with Gasteiger partial charge in [0.1, 0.15) is 0 Å². The first-order valence-corrected chi connectivity index (χ1v) is 12.4. The number of carbonyl (C=O) groups is 2. The molecule has 172 valence electrons. The number of benzene rings is 1. The second-order valence-corrected chi connectivity index (χ2v) is 10.3. The fourth-order valence-corrected chi connectivity index (χ4v) is 5.96. The molecular weight excluding hydrogens is 400 g/mol. The highest BCUT2D eigenvalue weighted by Gasteiger charge is 2.44. The van der Waals surface area contributed by atoms with Crippen molar-refractivity contribution in [2.75, 3.05) is 26.2 Å². The van der Waals surface area contributed by atoms with Gasteiger partial charge in [0.15, 0.2) is 0 Å². The molecule has 2 aromatic rings. The van der Waals surface area contributed by atoms with E-state index in [1.807, 2.05) is 18.3 Å². The van der Waals surface area contributed by atoms with Crippen LogP contribution in [-0.4, -0.2) is 58.8 Å². The van der Waals surface area contributed by atoms with Crippen molar-refractivity contribution in [2.45, 2.75) is 63.8 Å². The zero-order valence-corrected chi connectivity index (χ0v) is 19.0. The van der Waals surface area contributed by atoms with Crippen LogP contribution in [0.3, 0.4) is 0 Å². The SMILES string of the molecule is NC(=O)C1(CC2CC2)CCN(C2CCN(C(=O)CCc3c[nH]c4ccccc34)CC2)CC1. The average Bonchev–Trinajstić information content (AvgIpc) is 3.54. The number of H-pyrrole nitrogens is 1. The minimum absolute atomic E-state index is 0.0836. The number of carbonyl (C=O) groups excluding carboxylic acids is 2. The molecule has 5 rings (SSSR count). The molecule has 0 radical (unpaired) electrons. The van der Waals surface area contributed by atoms with Gasteiger partial charge in [-0.15, -0.1) is 0 Å². The first-order valence-electron chi connectivity index (χ1n) is 12.4. The number of para-hydroxylation sites is 1. The Hall–Kier alpha value is -2.34. The van der Waals surface area contributed by atoms with Crippen molar-refractivity contribution < 1.29 is 9.59 Å². The lowest BCUT2D eigenvalue weighted by atomic mass is 9.73. The standard InChI is InChI=1S/C26H36N4O2/c27-25(32)26(17-19-5-6-19)11-15-29(16-12-26)21-9-13-30(14-10-21)24(31)8-7-20-18-28-23-4-2-1-3-22(20)23/h1-4,18-19,21,28H,5-17H2,(H2,27,32). The van der Waals surface area contributed by atoms with Gasteiger partial charge in [-0.3, -0.25) is 9.59 Å². The quantitative estimate of drug-likeness (QED) is 0.697. The van der Waals surface area contributed by atoms with Gasteiger partial charge in [0, 0.05) is 42.7 Å². The number of primary amides is 1. The number of aromatic amines is 1. The van der Waals surface area contributed by atoms with Gasteiger partial charge in [-0.1, -0.05) is 31.0 Å². The zero-order chi connectivity index (χ0) is 22.1. The van der Waals surface area contributed by atoms with Crippen molar-refractivity contribution in [3.8, 4) is 0 Å². The van der Waals surface area contributed by atoms with E-state index in [9.17, 15) is 9.59 Å². The monoisotopic (exact) mass is 436 g/mol. The Morgan fingerprint density at radius 2 is 1.75 bits per heavy atom. The van der Waals surface area contributed by atoms with Crippen LogP contribution in [0, 0.1) is 11.3 Å². The number of nitrogens with zero attached hydrogens (tertiary/aromatic N) is 2. The van der Waals surface area contributed by atoms with E-state index >= 15 is 0 Å². The molecule has 3 heterocycles. The van der Waals surface area contributed by atoms with E-state index in [0.717, 1.165) is 76.1 Å². The largest absolute Gasteiger partial charge is 0.369 e. The fourth-order valence-electron chi connectivity index (χ4n) is 5.96. The average molecular weight is 437 g/mol. The predicted molar refractivity (Wildman–Crippen MR) is 126 cm³/mol. The van der Waals surface area contributed by atoms with E-state index in [-0.39, 0.29) is 17.2 Å². The number of aromatic nitrogens is 1. The number of hydrogen-bond donors (Lipinski definition) is 2. The molecule has 3 fully saturated rings. The van der Waals surface area contributed by atoms with Crippen molar-refractivity contribution in [1.82, 2.24) is 14.8 Å². The van der Waals surface area contributed by atoms with Gasteiger partial charge in [0.05, 0.1) is 5.41 Å². The summed E-state index contributed by atoms with van der Waals surface area (Å²) >= 11 is 0. The van der Waals surface area contributed by atoms with Crippen LogP contribution < -0.4 is 5.73 Å². The molecule has 0 bridgehead atoms. The van der Waals surface area contributed by atoms with E-state index in [1.54, 1.807) is 0 Å². The number of likely N-dealkylation sites (tertiary alicyclic amines) is 2. The molecule has 32 heavy (non-hydrogen) atoms. The molecule has 6 heteroatoms. The van der Waals surface area contributed by atoms with Crippen LogP contribution in [0.25, 0.3) is 10.9 Å². The number of nitrogens with one attached hydrogen (secondary N) is 1. The summed E-state index contributed by atoms with van der Waals surface area (Å²) in [6.07, 6.45) is 10.8. The molecule has 2 saturated heterocycles. The third-order valence-electron chi connectivity index (χ3n) is 8.27. The van der Waals surface area contributed by atoms with Crippen LogP contribution in [0.4, 0.5) is 0 Å². The molecule has 1 aromatic carbocycles. The Bertz CT molecular complexity index is 963. The molecule has 2 aliphatic heterocycles. The Morgan fingerprint density at radius 1 is 1.03 bits per heavy atom. The van der Waals surface area contributed by atoms with E-state index in [4.69, 9.17) is 5.73 Å². The summed E-state index contributed by atoms with van der Waals surface area (Å²) in [5, 5.41) is 1.22. The summed E-state index contributed by atoms with van der Waals surface area (Å²) in [4.78, 5) is 33.0. The van der Waals surface area contributed by atoms with Crippen molar-refractivity contribution >= 4 is 22.7 Å². The minimum atomic E-state index is -0.267. The maximum Gasteiger partial charge on any atom is 0.223 e. The molecule has 3 N–H and O–H groups in total. The van der Waals surface area contributed by atoms with Crippen LogP contribution in [0.1, 0.15) is 56.9 Å². The molecule has 3 aliphatic rings. The van der Waals surface area contributed by atoms with E-state index in [2.05, 4.69) is 26.9 Å². The summed E-state index contributed by atoms with van der Waals surface area (Å²) in [6.45, 7) is 3.62. The number of hydrogen-bond acceptors (Lipinski definition) is 3. The van der Waals surface area contributed by atoms with Crippen LogP contribution in [-0.2, 0) is 16.0 Å². The summed E-state index contributed by atoms with van der Waals surface area (Å²) in [5.41, 5.74) is 7.93. The Kier molecular flexibility index (Phi) is 5.97. The van der Waals surface area contributed by atoms with Crippen LogP contribution in [0.2, 0.25) is 0 Å². The molecule has 0 atom stereocenters. The highest BCUT2D eigenvalue weighted by Crippen LogP contribution is 2.46. The maximum atomic E-state index is 12.8. The molecule has 6 nitrogen and oxygen atoms in total. The molecule has 1 aliphatic carbocycles. The molecule has 1 aromatic heterocycles. The molecule has 1 saturated carbocycles. The number of fused-ring (bicyclic) bond motifs is 1. The zero-order valence-electron chi connectivity index (χ0n) is 19.0. The number of amides is 2. The lowest BCUT2D eigenvalue weighted by Crippen LogP contribution is -2.53. The summed E-state index contributed by atoms with van der Waals surface area (Å²) < 4.78 is 0. The lowest BCUT2D eigenvalue weighted by Gasteiger charge is -2.45. The summed E-state index contributed by atoms with van der Waals surface area (Å²) in [5.74, 6) is 0.914.